The molecule has 0 saturated carbocycles. The molecular weight excluding hydrogens is 206 g/mol. The summed E-state index contributed by atoms with van der Waals surface area (Å²) in [6.45, 7) is 4.53. The van der Waals surface area contributed by atoms with Gasteiger partial charge in [-0.2, -0.15) is 0 Å². The first-order chi connectivity index (χ1) is 6.60. The van der Waals surface area contributed by atoms with Crippen LogP contribution in [0, 0.1) is 0 Å². The smallest absolute Gasteiger partial charge is 0.281 e. The van der Waals surface area contributed by atoms with Crippen LogP contribution in [0.2, 0.25) is 0 Å². The number of aryl methyl sites for hydroxylation is 1. The van der Waals surface area contributed by atoms with E-state index in [4.69, 9.17) is 0 Å². The lowest BCUT2D eigenvalue weighted by molar-refractivity contribution is 0.105. The fourth-order valence-corrected chi connectivity index (χ4v) is 1.65. The van der Waals surface area contributed by atoms with Gasteiger partial charge >= 0.3 is 0 Å². The van der Waals surface area contributed by atoms with Gasteiger partial charge in [0.15, 0.2) is 5.03 Å². The van der Waals surface area contributed by atoms with Crippen molar-refractivity contribution in [3.05, 3.63) is 12.5 Å². The van der Waals surface area contributed by atoms with Crippen molar-refractivity contribution < 1.29 is 13.3 Å². The molecule has 0 saturated heterocycles. The third-order valence-electron chi connectivity index (χ3n) is 1.56. The van der Waals surface area contributed by atoms with Crippen molar-refractivity contribution in [2.75, 3.05) is 6.61 Å². The number of aromatic nitrogens is 2. The molecule has 14 heavy (non-hydrogen) atoms. The molecule has 0 spiro atoms. The third kappa shape index (κ3) is 2.53. The minimum Gasteiger partial charge on any atom is -0.336 e. The first kappa shape index (κ1) is 11.2. The van der Waals surface area contributed by atoms with Crippen molar-refractivity contribution in [1.82, 2.24) is 14.4 Å². The van der Waals surface area contributed by atoms with E-state index in [9.17, 15) is 8.42 Å². The number of rotatable bonds is 5. The number of hydrogen-bond donors (Lipinski definition) is 1. The predicted octanol–water partition coefficient (Wildman–Crippen LogP) is 0.133. The standard InChI is InChI=1S/C7H13N3O3S/c1-3-10-5-7(8-6-10)14(11,12)9-13-4-2/h5-6,9H,3-4H2,1-2H3. The van der Waals surface area contributed by atoms with E-state index >= 15 is 0 Å². The average Bonchev–Trinajstić information content (AvgIpc) is 2.63. The molecule has 0 unspecified atom stereocenters. The SMILES string of the molecule is CCONS(=O)(=O)c1cn(CC)cn1. The molecule has 1 N–H and O–H groups in total. The van der Waals surface area contributed by atoms with Crippen LogP contribution in [0.4, 0.5) is 0 Å². The maximum Gasteiger partial charge on any atom is 0.281 e. The second kappa shape index (κ2) is 4.54. The highest BCUT2D eigenvalue weighted by atomic mass is 32.2. The van der Waals surface area contributed by atoms with Gasteiger partial charge in [-0.15, -0.1) is 0 Å². The zero-order chi connectivity index (χ0) is 10.6. The van der Waals surface area contributed by atoms with Crippen molar-refractivity contribution in [2.24, 2.45) is 0 Å². The van der Waals surface area contributed by atoms with Crippen LogP contribution in [-0.2, 0) is 21.4 Å². The van der Waals surface area contributed by atoms with Crippen molar-refractivity contribution >= 4 is 10.0 Å². The molecular formula is C7H13N3O3S. The summed E-state index contributed by atoms with van der Waals surface area (Å²) in [5, 5.41) is -0.0344. The first-order valence-corrected chi connectivity index (χ1v) is 5.73. The van der Waals surface area contributed by atoms with Gasteiger partial charge in [0.2, 0.25) is 0 Å². The van der Waals surface area contributed by atoms with Gasteiger partial charge in [-0.05, 0) is 13.8 Å². The lowest BCUT2D eigenvalue weighted by Crippen LogP contribution is -2.24. The van der Waals surface area contributed by atoms with E-state index in [1.165, 1.54) is 12.5 Å². The van der Waals surface area contributed by atoms with Gasteiger partial charge in [0.05, 0.1) is 12.9 Å². The predicted molar refractivity (Wildman–Crippen MR) is 49.8 cm³/mol. The lowest BCUT2D eigenvalue weighted by atomic mass is 10.7. The van der Waals surface area contributed by atoms with Gasteiger partial charge in [-0.25, -0.2) is 13.4 Å². The number of nitrogens with one attached hydrogen (secondary N) is 1. The first-order valence-electron chi connectivity index (χ1n) is 4.25. The monoisotopic (exact) mass is 219 g/mol. The van der Waals surface area contributed by atoms with Crippen LogP contribution in [0.3, 0.4) is 0 Å². The van der Waals surface area contributed by atoms with Gasteiger partial charge < -0.3 is 4.57 Å². The highest BCUT2D eigenvalue weighted by Crippen LogP contribution is 2.04. The van der Waals surface area contributed by atoms with Crippen LogP contribution in [0.1, 0.15) is 13.8 Å². The Morgan fingerprint density at radius 2 is 2.29 bits per heavy atom. The molecule has 0 aliphatic heterocycles. The summed E-state index contributed by atoms with van der Waals surface area (Å²) >= 11 is 0. The zero-order valence-electron chi connectivity index (χ0n) is 8.10. The van der Waals surface area contributed by atoms with Gasteiger partial charge in [0.25, 0.3) is 10.0 Å². The second-order valence-electron chi connectivity index (χ2n) is 2.56. The Morgan fingerprint density at radius 1 is 1.57 bits per heavy atom. The van der Waals surface area contributed by atoms with Crippen LogP contribution in [-0.4, -0.2) is 24.6 Å². The average molecular weight is 219 g/mol. The largest absolute Gasteiger partial charge is 0.336 e. The molecule has 0 atom stereocenters. The van der Waals surface area contributed by atoms with Gasteiger partial charge in [0, 0.05) is 12.7 Å². The van der Waals surface area contributed by atoms with E-state index < -0.39 is 10.0 Å². The summed E-state index contributed by atoms with van der Waals surface area (Å²) in [6, 6.07) is 0. The van der Waals surface area contributed by atoms with E-state index in [0.29, 0.717) is 6.54 Å². The Balaban J connectivity index is 2.81. The molecule has 1 heterocycles. The van der Waals surface area contributed by atoms with Crippen LogP contribution >= 0.6 is 0 Å². The summed E-state index contributed by atoms with van der Waals surface area (Å²) in [7, 11) is -3.62. The lowest BCUT2D eigenvalue weighted by Gasteiger charge is -2.01. The van der Waals surface area contributed by atoms with Crippen molar-refractivity contribution in [1.29, 1.82) is 0 Å². The molecule has 80 valence electrons. The summed E-state index contributed by atoms with van der Waals surface area (Å²) in [4.78, 5) is 10.3. The fourth-order valence-electron chi connectivity index (χ4n) is 0.830. The molecule has 0 amide bonds. The van der Waals surface area contributed by atoms with Crippen LogP contribution < -0.4 is 4.89 Å². The second-order valence-corrected chi connectivity index (χ2v) is 4.15. The summed E-state index contributed by atoms with van der Waals surface area (Å²) in [6.07, 6.45) is 2.90. The Hall–Kier alpha value is -0.920. The van der Waals surface area contributed by atoms with Gasteiger partial charge in [-0.1, -0.05) is 4.89 Å². The van der Waals surface area contributed by atoms with Crippen molar-refractivity contribution in [3.63, 3.8) is 0 Å². The molecule has 1 aromatic rings. The molecule has 6 nitrogen and oxygen atoms in total. The number of hydrogen-bond acceptors (Lipinski definition) is 4. The van der Waals surface area contributed by atoms with Gasteiger partial charge in [-0.3, -0.25) is 4.84 Å². The van der Waals surface area contributed by atoms with Crippen molar-refractivity contribution in [3.8, 4) is 0 Å². The topological polar surface area (TPSA) is 73.2 Å². The maximum atomic E-state index is 11.4. The molecule has 0 bridgehead atoms. The highest BCUT2D eigenvalue weighted by Gasteiger charge is 2.16. The third-order valence-corrected chi connectivity index (χ3v) is 2.66. The minimum absolute atomic E-state index is 0.0344. The Bertz CT molecular complexity index is 385. The fraction of sp³-hybridized carbons (Fsp3) is 0.571. The Kier molecular flexibility index (Phi) is 3.62. The highest BCUT2D eigenvalue weighted by molar-refractivity contribution is 7.89. The molecule has 0 aromatic carbocycles. The quantitative estimate of drug-likeness (QED) is 0.714. The molecule has 7 heteroatoms. The van der Waals surface area contributed by atoms with Crippen molar-refractivity contribution in [2.45, 2.75) is 25.4 Å². The molecule has 0 fully saturated rings. The molecule has 0 radical (unpaired) electrons. The number of sulfonamides is 1. The van der Waals surface area contributed by atoms with E-state index in [-0.39, 0.29) is 11.6 Å². The molecule has 0 aliphatic rings. The van der Waals surface area contributed by atoms with E-state index in [2.05, 4.69) is 9.82 Å². The van der Waals surface area contributed by atoms with Gasteiger partial charge in [0.1, 0.15) is 0 Å². The zero-order valence-corrected chi connectivity index (χ0v) is 8.91. The van der Waals surface area contributed by atoms with E-state index in [1.807, 2.05) is 11.8 Å². The Morgan fingerprint density at radius 3 is 2.79 bits per heavy atom. The van der Waals surface area contributed by atoms with Crippen LogP contribution in [0.5, 0.6) is 0 Å². The molecule has 1 rings (SSSR count). The summed E-state index contributed by atoms with van der Waals surface area (Å²) in [5.74, 6) is 0. The van der Waals surface area contributed by atoms with Crippen LogP contribution in [0.15, 0.2) is 17.6 Å². The molecule has 1 aromatic heterocycles. The number of nitrogens with zero attached hydrogens (tertiary/aromatic N) is 2. The van der Waals surface area contributed by atoms with Crippen LogP contribution in [0.25, 0.3) is 0 Å². The molecule has 0 aliphatic carbocycles. The maximum absolute atomic E-state index is 11.4. The number of imidazole rings is 1. The summed E-state index contributed by atoms with van der Waals surface area (Å²) in [5.41, 5.74) is 0. The normalized spacial score (nSPS) is 11.9. The minimum atomic E-state index is -3.62. The summed E-state index contributed by atoms with van der Waals surface area (Å²) < 4.78 is 24.5. The van der Waals surface area contributed by atoms with E-state index in [0.717, 1.165) is 0 Å². The Labute approximate surface area is 82.9 Å². The van der Waals surface area contributed by atoms with E-state index in [1.54, 1.807) is 11.5 Å².